The van der Waals surface area contributed by atoms with Gasteiger partial charge in [0.25, 0.3) is 0 Å². The summed E-state index contributed by atoms with van der Waals surface area (Å²) in [4.78, 5) is 23.6. The first kappa shape index (κ1) is 41.1. The zero-order valence-corrected chi connectivity index (χ0v) is 30.3. The fraction of sp³-hybridized carbons (Fsp3) is 0.789. The van der Waals surface area contributed by atoms with Crippen LogP contribution < -0.4 is 5.32 Å². The molecule has 0 unspecified atom stereocenters. The van der Waals surface area contributed by atoms with E-state index in [4.69, 9.17) is 28.4 Å². The van der Waals surface area contributed by atoms with Gasteiger partial charge in [0.15, 0.2) is 0 Å². The fourth-order valence-electron chi connectivity index (χ4n) is 5.66. The van der Waals surface area contributed by atoms with E-state index >= 15 is 0 Å². The highest BCUT2D eigenvalue weighted by Crippen LogP contribution is 2.30. The van der Waals surface area contributed by atoms with Crippen molar-refractivity contribution in [3.63, 3.8) is 0 Å². The molecule has 0 radical (unpaired) electrons. The second-order valence-electron chi connectivity index (χ2n) is 14.7. The van der Waals surface area contributed by atoms with Crippen LogP contribution in [0.15, 0.2) is 30.3 Å². The summed E-state index contributed by atoms with van der Waals surface area (Å²) in [5.41, 5.74) is 0.400. The van der Waals surface area contributed by atoms with Crippen LogP contribution >= 0.6 is 0 Å². The van der Waals surface area contributed by atoms with Crippen molar-refractivity contribution in [2.45, 2.75) is 130 Å². The molecule has 0 amide bonds. The van der Waals surface area contributed by atoms with Crippen molar-refractivity contribution in [1.29, 1.82) is 0 Å². The Balaban J connectivity index is 1.63. The number of nitrogens with one attached hydrogen (secondary N) is 1. The van der Waals surface area contributed by atoms with E-state index < -0.39 is 11.2 Å². The third-order valence-corrected chi connectivity index (χ3v) is 8.09. The molecule has 1 aromatic carbocycles. The van der Waals surface area contributed by atoms with Crippen LogP contribution in [-0.2, 0) is 44.6 Å². The molecule has 1 fully saturated rings. The van der Waals surface area contributed by atoms with Gasteiger partial charge < -0.3 is 33.7 Å². The summed E-state index contributed by atoms with van der Waals surface area (Å²) < 4.78 is 33.5. The quantitative estimate of drug-likeness (QED) is 0.0922. The topological polar surface area (TPSA) is 102 Å². The molecule has 1 N–H and O–H groups in total. The van der Waals surface area contributed by atoms with Crippen LogP contribution in [0, 0.1) is 11.8 Å². The molecule has 0 spiro atoms. The van der Waals surface area contributed by atoms with Crippen molar-refractivity contribution < 1.29 is 38.0 Å². The van der Waals surface area contributed by atoms with Gasteiger partial charge in [-0.1, -0.05) is 43.2 Å². The van der Waals surface area contributed by atoms with Gasteiger partial charge in [-0.2, -0.15) is 0 Å². The van der Waals surface area contributed by atoms with Crippen LogP contribution in [0.1, 0.15) is 111 Å². The highest BCUT2D eigenvalue weighted by atomic mass is 16.6. The maximum absolute atomic E-state index is 11.8. The van der Waals surface area contributed by atoms with Crippen molar-refractivity contribution >= 4 is 11.9 Å². The van der Waals surface area contributed by atoms with Crippen molar-refractivity contribution in [3.8, 4) is 0 Å². The summed E-state index contributed by atoms with van der Waals surface area (Å²) in [7, 11) is 0. The molecule has 47 heavy (non-hydrogen) atoms. The number of hydrogen-bond acceptors (Lipinski definition) is 9. The molecule has 0 saturated heterocycles. The second kappa shape index (κ2) is 23.3. The zero-order valence-electron chi connectivity index (χ0n) is 30.3. The monoisotopic (exact) mass is 663 g/mol. The molecular weight excluding hydrogens is 598 g/mol. The third-order valence-electron chi connectivity index (χ3n) is 8.09. The van der Waals surface area contributed by atoms with E-state index in [1.165, 1.54) is 44.1 Å². The molecule has 0 aromatic heterocycles. The third kappa shape index (κ3) is 23.0. The van der Waals surface area contributed by atoms with E-state index in [2.05, 4.69) is 35.6 Å². The van der Waals surface area contributed by atoms with Gasteiger partial charge in [0.05, 0.1) is 52.5 Å². The van der Waals surface area contributed by atoms with E-state index in [9.17, 15) is 9.59 Å². The normalized spacial score (nSPS) is 17.2. The van der Waals surface area contributed by atoms with Crippen molar-refractivity contribution in [2.75, 3.05) is 52.9 Å². The number of ether oxygens (including phenoxy) is 6. The van der Waals surface area contributed by atoms with Crippen LogP contribution in [-0.4, -0.2) is 82.0 Å². The van der Waals surface area contributed by atoms with Gasteiger partial charge in [0, 0.05) is 25.8 Å². The lowest BCUT2D eigenvalue weighted by atomic mass is 9.81. The number of carbonyl (C=O) groups excluding carboxylic acids is 2. The minimum Gasteiger partial charge on any atom is -0.460 e. The van der Waals surface area contributed by atoms with Crippen LogP contribution in [0.5, 0.6) is 0 Å². The van der Waals surface area contributed by atoms with E-state index in [1.807, 2.05) is 41.5 Å². The van der Waals surface area contributed by atoms with E-state index in [0.29, 0.717) is 64.8 Å². The van der Waals surface area contributed by atoms with Crippen LogP contribution in [0.2, 0.25) is 0 Å². The molecule has 1 aromatic rings. The first-order chi connectivity index (χ1) is 22.4. The van der Waals surface area contributed by atoms with E-state index in [1.54, 1.807) is 0 Å². The smallest absolute Gasteiger partial charge is 0.308 e. The summed E-state index contributed by atoms with van der Waals surface area (Å²) in [5.74, 6) is 0.830. The standard InChI is InChI=1S/C38H65NO8/c1-37(2,3)46-35(40)20-24-44-28-26-42-22-18-32(19-23-43-27-29-45-25-21-36(41)47-38(4,5)6)13-12-31-14-16-34(17-15-31)39-30-33-10-8-7-9-11-33/h7-11,31-32,34,39H,12-30H2,1-6H3. The van der Waals surface area contributed by atoms with Crippen molar-refractivity contribution in [3.05, 3.63) is 35.9 Å². The number of esters is 2. The Hall–Kier alpha value is -2.04. The molecule has 2 rings (SSSR count). The lowest BCUT2D eigenvalue weighted by Gasteiger charge is -2.30. The zero-order chi connectivity index (χ0) is 34.4. The maximum Gasteiger partial charge on any atom is 0.308 e. The molecule has 0 heterocycles. The molecular formula is C38H65NO8. The van der Waals surface area contributed by atoms with Crippen molar-refractivity contribution in [1.82, 2.24) is 5.32 Å². The van der Waals surface area contributed by atoms with Crippen LogP contribution in [0.3, 0.4) is 0 Å². The summed E-state index contributed by atoms with van der Waals surface area (Å²) in [6, 6.07) is 11.3. The molecule has 1 saturated carbocycles. The van der Waals surface area contributed by atoms with Gasteiger partial charge in [-0.15, -0.1) is 0 Å². The number of hydrogen-bond donors (Lipinski definition) is 1. The van der Waals surface area contributed by atoms with Crippen molar-refractivity contribution in [2.24, 2.45) is 11.8 Å². The highest BCUT2D eigenvalue weighted by Gasteiger charge is 2.22. The largest absolute Gasteiger partial charge is 0.460 e. The minimum absolute atomic E-state index is 0.243. The highest BCUT2D eigenvalue weighted by molar-refractivity contribution is 5.70. The Morgan fingerprint density at radius 3 is 1.60 bits per heavy atom. The van der Waals surface area contributed by atoms with Gasteiger partial charge >= 0.3 is 11.9 Å². The van der Waals surface area contributed by atoms with Gasteiger partial charge in [-0.25, -0.2) is 0 Å². The Bertz CT molecular complexity index is 907. The average Bonchev–Trinajstić information content (AvgIpc) is 3.00. The first-order valence-corrected chi connectivity index (χ1v) is 17.9. The Kier molecular flexibility index (Phi) is 20.4. The molecule has 0 atom stereocenters. The van der Waals surface area contributed by atoms with Crippen LogP contribution in [0.4, 0.5) is 0 Å². The molecule has 1 aliphatic rings. The minimum atomic E-state index is -0.474. The molecule has 270 valence electrons. The summed E-state index contributed by atoms with van der Waals surface area (Å²) in [6.07, 6.45) is 9.96. The maximum atomic E-state index is 11.8. The summed E-state index contributed by atoms with van der Waals surface area (Å²) in [6.45, 7) is 16.1. The van der Waals surface area contributed by atoms with Gasteiger partial charge in [0.1, 0.15) is 11.2 Å². The number of carbonyl (C=O) groups is 2. The molecule has 0 aliphatic heterocycles. The average molecular weight is 664 g/mol. The molecule has 9 heteroatoms. The van der Waals surface area contributed by atoms with Gasteiger partial charge in [-0.05, 0) is 97.5 Å². The Morgan fingerprint density at radius 1 is 0.660 bits per heavy atom. The van der Waals surface area contributed by atoms with Gasteiger partial charge in [-0.3, -0.25) is 9.59 Å². The predicted octanol–water partition coefficient (Wildman–Crippen LogP) is 7.04. The molecule has 1 aliphatic carbocycles. The van der Waals surface area contributed by atoms with E-state index in [-0.39, 0.29) is 24.8 Å². The lowest BCUT2D eigenvalue weighted by Crippen LogP contribution is -2.32. The first-order valence-electron chi connectivity index (χ1n) is 17.9. The van der Waals surface area contributed by atoms with Crippen LogP contribution in [0.25, 0.3) is 0 Å². The fourth-order valence-corrected chi connectivity index (χ4v) is 5.66. The number of benzene rings is 1. The summed E-state index contributed by atoms with van der Waals surface area (Å²) >= 11 is 0. The Morgan fingerprint density at radius 2 is 1.13 bits per heavy atom. The second-order valence-corrected chi connectivity index (χ2v) is 14.7. The predicted molar refractivity (Wildman–Crippen MR) is 185 cm³/mol. The Labute approximate surface area is 285 Å². The SMILES string of the molecule is CC(C)(C)OC(=O)CCOCCOCCC(CCOCCOCCC(=O)OC(C)(C)C)CCC1CCC(NCc2ccccc2)CC1. The lowest BCUT2D eigenvalue weighted by molar-refractivity contribution is -0.157. The summed E-state index contributed by atoms with van der Waals surface area (Å²) in [5, 5.41) is 3.76. The molecule has 9 nitrogen and oxygen atoms in total. The number of rotatable bonds is 24. The van der Waals surface area contributed by atoms with Gasteiger partial charge in [0.2, 0.25) is 0 Å². The molecule has 0 bridgehead atoms. The van der Waals surface area contributed by atoms with E-state index in [0.717, 1.165) is 25.3 Å².